The van der Waals surface area contributed by atoms with Gasteiger partial charge in [0.15, 0.2) is 0 Å². The van der Waals surface area contributed by atoms with Gasteiger partial charge >= 0.3 is 0 Å². The molecule has 0 atom stereocenters. The van der Waals surface area contributed by atoms with Crippen LogP contribution < -0.4 is 0 Å². The minimum atomic E-state index is 1.12. The molecule has 0 saturated heterocycles. The molecule has 0 amide bonds. The van der Waals surface area contributed by atoms with E-state index in [1.54, 1.807) is 0 Å². The standard InChI is InChI=1S/C26H15BrS/c27-20-12-11-16-13-19(10-9-17(16)14-20)25-21-6-2-1-5-18(21)15-23-22-7-3-4-8-24(22)28-26(23)25/h1-15H. The van der Waals surface area contributed by atoms with E-state index >= 15 is 0 Å². The van der Waals surface area contributed by atoms with E-state index in [2.05, 4.69) is 107 Å². The first-order valence-electron chi connectivity index (χ1n) is 9.31. The molecule has 28 heavy (non-hydrogen) atoms. The maximum atomic E-state index is 3.58. The SMILES string of the molecule is Brc1ccc2cc(-c3c4ccccc4cc4c3sc3ccccc34)ccc2c1. The van der Waals surface area contributed by atoms with Crippen molar-refractivity contribution in [2.75, 3.05) is 0 Å². The molecule has 0 aliphatic heterocycles. The van der Waals surface area contributed by atoms with Crippen LogP contribution in [0.4, 0.5) is 0 Å². The van der Waals surface area contributed by atoms with Gasteiger partial charge in [0.2, 0.25) is 0 Å². The second-order valence-corrected chi connectivity index (χ2v) is 9.12. The smallest absolute Gasteiger partial charge is 0.0440 e. The van der Waals surface area contributed by atoms with E-state index in [1.807, 2.05) is 11.3 Å². The van der Waals surface area contributed by atoms with Gasteiger partial charge in [-0.3, -0.25) is 0 Å². The zero-order chi connectivity index (χ0) is 18.7. The lowest BCUT2D eigenvalue weighted by Crippen LogP contribution is -1.84. The van der Waals surface area contributed by atoms with Gasteiger partial charge in [-0.1, -0.05) is 76.6 Å². The van der Waals surface area contributed by atoms with Crippen LogP contribution in [0.1, 0.15) is 0 Å². The van der Waals surface area contributed by atoms with Crippen LogP contribution in [-0.2, 0) is 0 Å². The first-order chi connectivity index (χ1) is 13.8. The Balaban J connectivity index is 1.78. The molecule has 5 aromatic carbocycles. The van der Waals surface area contributed by atoms with Crippen LogP contribution in [0.25, 0.3) is 52.8 Å². The van der Waals surface area contributed by atoms with E-state index in [0.717, 1.165) is 4.47 Å². The van der Waals surface area contributed by atoms with E-state index in [4.69, 9.17) is 0 Å². The molecule has 6 aromatic rings. The molecule has 1 aromatic heterocycles. The Morgan fingerprint density at radius 1 is 0.571 bits per heavy atom. The molecule has 0 aliphatic carbocycles. The third-order valence-corrected chi connectivity index (χ3v) is 7.18. The fourth-order valence-electron chi connectivity index (χ4n) is 4.18. The summed E-state index contributed by atoms with van der Waals surface area (Å²) in [5.41, 5.74) is 2.63. The van der Waals surface area contributed by atoms with Crippen LogP contribution in [0.5, 0.6) is 0 Å². The van der Waals surface area contributed by atoms with Gasteiger partial charge in [0.1, 0.15) is 0 Å². The number of fused-ring (bicyclic) bond motifs is 5. The molecule has 0 radical (unpaired) electrons. The van der Waals surface area contributed by atoms with Crippen molar-refractivity contribution in [1.82, 2.24) is 0 Å². The van der Waals surface area contributed by atoms with E-state index in [1.165, 1.54) is 52.8 Å². The molecular weight excluding hydrogens is 424 g/mol. The first-order valence-corrected chi connectivity index (χ1v) is 10.9. The fraction of sp³-hybridized carbons (Fsp3) is 0. The summed E-state index contributed by atoms with van der Waals surface area (Å²) in [4.78, 5) is 0. The van der Waals surface area contributed by atoms with E-state index < -0.39 is 0 Å². The first kappa shape index (κ1) is 16.3. The molecule has 0 spiro atoms. The molecule has 2 heteroatoms. The average Bonchev–Trinajstić information content (AvgIpc) is 3.10. The normalized spacial score (nSPS) is 11.8. The summed E-state index contributed by atoms with van der Waals surface area (Å²) >= 11 is 5.48. The molecule has 0 bridgehead atoms. The van der Waals surface area contributed by atoms with Crippen molar-refractivity contribution < 1.29 is 0 Å². The lowest BCUT2D eigenvalue weighted by molar-refractivity contribution is 1.69. The zero-order valence-electron chi connectivity index (χ0n) is 14.9. The quantitative estimate of drug-likeness (QED) is 0.240. The Morgan fingerprint density at radius 2 is 1.32 bits per heavy atom. The van der Waals surface area contributed by atoms with Crippen molar-refractivity contribution in [1.29, 1.82) is 0 Å². The van der Waals surface area contributed by atoms with E-state index in [9.17, 15) is 0 Å². The number of rotatable bonds is 1. The summed E-state index contributed by atoms with van der Waals surface area (Å²) < 4.78 is 3.83. The Kier molecular flexibility index (Phi) is 3.59. The van der Waals surface area contributed by atoms with Crippen LogP contribution in [0.2, 0.25) is 0 Å². The monoisotopic (exact) mass is 438 g/mol. The summed E-state index contributed by atoms with van der Waals surface area (Å²) in [6, 6.07) is 33.1. The van der Waals surface area contributed by atoms with Crippen molar-refractivity contribution in [3.63, 3.8) is 0 Å². The van der Waals surface area contributed by atoms with Crippen molar-refractivity contribution >= 4 is 69.0 Å². The lowest BCUT2D eigenvalue weighted by atomic mass is 9.94. The van der Waals surface area contributed by atoms with Crippen molar-refractivity contribution in [3.05, 3.63) is 95.5 Å². The zero-order valence-corrected chi connectivity index (χ0v) is 17.3. The lowest BCUT2D eigenvalue weighted by Gasteiger charge is -2.11. The Morgan fingerprint density at radius 3 is 2.25 bits per heavy atom. The largest absolute Gasteiger partial charge is 0.135 e. The topological polar surface area (TPSA) is 0 Å². The predicted octanol–water partition coefficient (Wildman–Crippen LogP) is 8.79. The molecule has 6 rings (SSSR count). The van der Waals surface area contributed by atoms with Gasteiger partial charge in [-0.05, 0) is 57.4 Å². The molecule has 0 aliphatic rings. The number of thiophene rings is 1. The predicted molar refractivity (Wildman–Crippen MR) is 127 cm³/mol. The van der Waals surface area contributed by atoms with Crippen LogP contribution >= 0.6 is 27.3 Å². The van der Waals surface area contributed by atoms with Crippen LogP contribution in [0, 0.1) is 0 Å². The minimum absolute atomic E-state index is 1.12. The number of halogens is 1. The third kappa shape index (κ3) is 2.42. The minimum Gasteiger partial charge on any atom is -0.135 e. The van der Waals surface area contributed by atoms with Crippen molar-refractivity contribution in [2.24, 2.45) is 0 Å². The van der Waals surface area contributed by atoms with Gasteiger partial charge in [-0.25, -0.2) is 0 Å². The molecular formula is C26H15BrS. The van der Waals surface area contributed by atoms with Gasteiger partial charge < -0.3 is 0 Å². The van der Waals surface area contributed by atoms with Gasteiger partial charge in [0, 0.05) is 30.2 Å². The summed E-state index contributed by atoms with van der Waals surface area (Å²) in [5, 5.41) is 7.83. The summed E-state index contributed by atoms with van der Waals surface area (Å²) in [6.45, 7) is 0. The van der Waals surface area contributed by atoms with Crippen LogP contribution in [0.3, 0.4) is 0 Å². The molecule has 0 N–H and O–H groups in total. The van der Waals surface area contributed by atoms with Gasteiger partial charge in [0.05, 0.1) is 0 Å². The van der Waals surface area contributed by atoms with Crippen LogP contribution in [0.15, 0.2) is 95.5 Å². The van der Waals surface area contributed by atoms with E-state index in [-0.39, 0.29) is 0 Å². The van der Waals surface area contributed by atoms with Crippen molar-refractivity contribution in [2.45, 2.75) is 0 Å². The Labute approximate surface area is 175 Å². The fourth-order valence-corrected chi connectivity index (χ4v) is 5.82. The second-order valence-electron chi connectivity index (χ2n) is 7.15. The molecule has 1 heterocycles. The molecule has 132 valence electrons. The maximum Gasteiger partial charge on any atom is 0.0440 e. The van der Waals surface area contributed by atoms with Gasteiger partial charge in [-0.15, -0.1) is 11.3 Å². The average molecular weight is 439 g/mol. The second kappa shape index (κ2) is 6.16. The number of hydrogen-bond acceptors (Lipinski definition) is 1. The summed E-state index contributed by atoms with van der Waals surface area (Å²) in [7, 11) is 0. The third-order valence-electron chi connectivity index (χ3n) is 5.48. The highest BCUT2D eigenvalue weighted by Gasteiger charge is 2.14. The molecule has 0 saturated carbocycles. The van der Waals surface area contributed by atoms with Crippen molar-refractivity contribution in [3.8, 4) is 11.1 Å². The molecule has 0 unspecified atom stereocenters. The highest BCUT2D eigenvalue weighted by atomic mass is 79.9. The maximum absolute atomic E-state index is 3.58. The van der Waals surface area contributed by atoms with Gasteiger partial charge in [-0.2, -0.15) is 0 Å². The number of benzene rings is 5. The Hall–Kier alpha value is -2.68. The highest BCUT2D eigenvalue weighted by molar-refractivity contribution is 9.10. The molecule has 0 nitrogen and oxygen atoms in total. The number of hydrogen-bond donors (Lipinski definition) is 0. The summed E-state index contributed by atoms with van der Waals surface area (Å²) in [6.07, 6.45) is 0. The Bertz CT molecular complexity index is 1520. The van der Waals surface area contributed by atoms with Crippen LogP contribution in [-0.4, -0.2) is 0 Å². The van der Waals surface area contributed by atoms with Gasteiger partial charge in [0.25, 0.3) is 0 Å². The molecule has 0 fully saturated rings. The summed E-state index contributed by atoms with van der Waals surface area (Å²) in [5.74, 6) is 0. The van der Waals surface area contributed by atoms with E-state index in [0.29, 0.717) is 0 Å². The highest BCUT2D eigenvalue weighted by Crippen LogP contribution is 2.44.